The van der Waals surface area contributed by atoms with E-state index in [0.717, 1.165) is 37.4 Å². The number of piperazine rings is 1. The van der Waals surface area contributed by atoms with Crippen molar-refractivity contribution in [1.82, 2.24) is 10.2 Å². The average molecular weight is 443 g/mol. The highest BCUT2D eigenvalue weighted by molar-refractivity contribution is 6.31. The molecule has 7 heteroatoms. The highest BCUT2D eigenvalue weighted by atomic mass is 35.5. The third-order valence-corrected chi connectivity index (χ3v) is 5.77. The van der Waals surface area contributed by atoms with Crippen molar-refractivity contribution in [1.29, 1.82) is 0 Å². The molecule has 3 rings (SSSR count). The van der Waals surface area contributed by atoms with Crippen molar-refractivity contribution >= 4 is 34.8 Å². The highest BCUT2D eigenvalue weighted by Gasteiger charge is 2.26. The van der Waals surface area contributed by atoms with E-state index < -0.39 is 6.04 Å². The predicted octanol–water partition coefficient (Wildman–Crippen LogP) is 3.41. The molecule has 0 radical (unpaired) electrons. The lowest BCUT2D eigenvalue weighted by atomic mass is 10.0. The first-order chi connectivity index (χ1) is 14.8. The maximum Gasteiger partial charge on any atom is 0.247 e. The van der Waals surface area contributed by atoms with Crippen LogP contribution in [0.1, 0.15) is 19.4 Å². The number of likely N-dealkylation sites (N-methyl/N-ethyl adjacent to an activating group) is 1. The van der Waals surface area contributed by atoms with Gasteiger partial charge in [-0.1, -0.05) is 55.8 Å². The van der Waals surface area contributed by atoms with Crippen LogP contribution < -0.4 is 15.5 Å². The number of nitrogens with one attached hydrogen (secondary N) is 2. The summed E-state index contributed by atoms with van der Waals surface area (Å²) in [7, 11) is 2.10. The summed E-state index contributed by atoms with van der Waals surface area (Å²) in [6.45, 7) is 7.52. The van der Waals surface area contributed by atoms with Crippen LogP contribution in [0.2, 0.25) is 5.02 Å². The molecule has 166 valence electrons. The summed E-state index contributed by atoms with van der Waals surface area (Å²) in [6.07, 6.45) is 0.237. The van der Waals surface area contributed by atoms with Gasteiger partial charge in [0.15, 0.2) is 0 Å². The van der Waals surface area contributed by atoms with Gasteiger partial charge in [0, 0.05) is 31.2 Å². The second kappa shape index (κ2) is 10.6. The molecule has 31 heavy (non-hydrogen) atoms. The van der Waals surface area contributed by atoms with Gasteiger partial charge in [0.05, 0.1) is 17.8 Å². The van der Waals surface area contributed by atoms with Crippen molar-refractivity contribution in [2.45, 2.75) is 26.3 Å². The van der Waals surface area contributed by atoms with E-state index in [-0.39, 0.29) is 24.2 Å². The number of benzene rings is 2. The van der Waals surface area contributed by atoms with Crippen LogP contribution in [0.3, 0.4) is 0 Å². The fraction of sp³-hybridized carbons (Fsp3) is 0.417. The number of hydrogen-bond acceptors (Lipinski definition) is 4. The topological polar surface area (TPSA) is 64.7 Å². The van der Waals surface area contributed by atoms with E-state index in [2.05, 4.69) is 27.5 Å². The molecule has 1 atom stereocenters. The van der Waals surface area contributed by atoms with Crippen molar-refractivity contribution < 1.29 is 9.59 Å². The molecule has 2 aromatic carbocycles. The van der Waals surface area contributed by atoms with Crippen LogP contribution in [0.25, 0.3) is 0 Å². The standard InChI is InChI=1S/C24H31ClN4O2/c1-17(2)23(27-22(30)15-18-7-5-4-6-8-18)24(31)26-20-16-19(25)9-10-21(20)29-13-11-28(3)12-14-29/h4-10,16-17,23H,11-15H2,1-3H3,(H,26,31)(H,27,30). The lowest BCUT2D eigenvalue weighted by Crippen LogP contribution is -2.48. The van der Waals surface area contributed by atoms with Gasteiger partial charge in [0.2, 0.25) is 11.8 Å². The Morgan fingerprint density at radius 1 is 1.03 bits per heavy atom. The molecule has 6 nitrogen and oxygen atoms in total. The number of nitrogens with zero attached hydrogens (tertiary/aromatic N) is 2. The van der Waals surface area contributed by atoms with E-state index in [9.17, 15) is 9.59 Å². The number of rotatable bonds is 7. The molecule has 1 fully saturated rings. The predicted molar refractivity (Wildman–Crippen MR) is 127 cm³/mol. The number of carbonyl (C=O) groups is 2. The summed E-state index contributed by atoms with van der Waals surface area (Å²) in [5, 5.41) is 6.48. The van der Waals surface area contributed by atoms with Crippen LogP contribution in [0.15, 0.2) is 48.5 Å². The van der Waals surface area contributed by atoms with E-state index in [4.69, 9.17) is 11.6 Å². The first-order valence-corrected chi connectivity index (χ1v) is 11.1. The Balaban J connectivity index is 1.71. The first kappa shape index (κ1) is 23.1. The molecule has 1 aliphatic rings. The Labute approximate surface area is 189 Å². The van der Waals surface area contributed by atoms with Gasteiger partial charge in [-0.25, -0.2) is 0 Å². The minimum Gasteiger partial charge on any atom is -0.367 e. The van der Waals surface area contributed by atoms with Crippen LogP contribution in [0, 0.1) is 5.92 Å². The molecule has 2 amide bonds. The molecule has 2 N–H and O–H groups in total. The molecule has 1 heterocycles. The maximum absolute atomic E-state index is 13.1. The van der Waals surface area contributed by atoms with Gasteiger partial charge in [-0.05, 0) is 36.7 Å². The van der Waals surface area contributed by atoms with Crippen LogP contribution >= 0.6 is 11.6 Å². The van der Waals surface area contributed by atoms with Crippen LogP contribution in [0.4, 0.5) is 11.4 Å². The Hall–Kier alpha value is -2.57. The average Bonchev–Trinajstić information content (AvgIpc) is 2.73. The van der Waals surface area contributed by atoms with Crippen LogP contribution in [-0.4, -0.2) is 56.0 Å². The molecule has 0 aliphatic carbocycles. The van der Waals surface area contributed by atoms with Gasteiger partial charge >= 0.3 is 0 Å². The maximum atomic E-state index is 13.1. The summed E-state index contributed by atoms with van der Waals surface area (Å²) in [4.78, 5) is 30.2. The first-order valence-electron chi connectivity index (χ1n) is 10.7. The molecule has 0 aromatic heterocycles. The SMILES string of the molecule is CC(C)C(NC(=O)Cc1ccccc1)C(=O)Nc1cc(Cl)ccc1N1CCN(C)CC1. The van der Waals surface area contributed by atoms with E-state index in [1.165, 1.54) is 0 Å². The number of amides is 2. The fourth-order valence-electron chi connectivity index (χ4n) is 3.68. The molecule has 1 aliphatic heterocycles. The van der Waals surface area contributed by atoms with Crippen molar-refractivity contribution in [2.24, 2.45) is 5.92 Å². The van der Waals surface area contributed by atoms with E-state index >= 15 is 0 Å². The summed E-state index contributed by atoms with van der Waals surface area (Å²) in [5.74, 6) is -0.481. The van der Waals surface area contributed by atoms with Gasteiger partial charge < -0.3 is 20.4 Å². The van der Waals surface area contributed by atoms with Gasteiger partial charge in [-0.2, -0.15) is 0 Å². The molecular formula is C24H31ClN4O2. The molecule has 1 saturated heterocycles. The second-order valence-corrected chi connectivity index (χ2v) is 8.83. The Morgan fingerprint density at radius 2 is 1.71 bits per heavy atom. The Kier molecular flexibility index (Phi) is 7.93. The van der Waals surface area contributed by atoms with Crippen molar-refractivity contribution in [2.75, 3.05) is 43.4 Å². The summed E-state index contributed by atoms with van der Waals surface area (Å²) in [5.41, 5.74) is 2.53. The smallest absolute Gasteiger partial charge is 0.247 e. The third kappa shape index (κ3) is 6.45. The van der Waals surface area contributed by atoms with Gasteiger partial charge in [-0.15, -0.1) is 0 Å². The van der Waals surface area contributed by atoms with E-state index in [0.29, 0.717) is 10.7 Å². The molecule has 2 aromatic rings. The van der Waals surface area contributed by atoms with Crippen molar-refractivity contribution in [3.63, 3.8) is 0 Å². The zero-order valence-electron chi connectivity index (χ0n) is 18.4. The number of carbonyl (C=O) groups excluding carboxylic acids is 2. The minimum absolute atomic E-state index is 0.0639. The minimum atomic E-state index is -0.643. The Morgan fingerprint density at radius 3 is 2.35 bits per heavy atom. The molecule has 0 bridgehead atoms. The number of anilines is 2. The monoisotopic (exact) mass is 442 g/mol. The van der Waals surface area contributed by atoms with Crippen LogP contribution in [0.5, 0.6) is 0 Å². The second-order valence-electron chi connectivity index (χ2n) is 8.39. The van der Waals surface area contributed by atoms with E-state index in [1.807, 2.05) is 56.3 Å². The molecular weight excluding hydrogens is 412 g/mol. The van der Waals surface area contributed by atoms with Crippen LogP contribution in [-0.2, 0) is 16.0 Å². The molecule has 1 unspecified atom stereocenters. The van der Waals surface area contributed by atoms with E-state index in [1.54, 1.807) is 6.07 Å². The highest BCUT2D eigenvalue weighted by Crippen LogP contribution is 2.30. The zero-order valence-corrected chi connectivity index (χ0v) is 19.2. The van der Waals surface area contributed by atoms with Gasteiger partial charge in [-0.3, -0.25) is 9.59 Å². The zero-order chi connectivity index (χ0) is 22.4. The van der Waals surface area contributed by atoms with Gasteiger partial charge in [0.25, 0.3) is 0 Å². The fourth-order valence-corrected chi connectivity index (χ4v) is 3.85. The largest absolute Gasteiger partial charge is 0.367 e. The van der Waals surface area contributed by atoms with Crippen molar-refractivity contribution in [3.05, 3.63) is 59.1 Å². The lowest BCUT2D eigenvalue weighted by molar-refractivity contribution is -0.127. The van der Waals surface area contributed by atoms with Crippen molar-refractivity contribution in [3.8, 4) is 0 Å². The quantitative estimate of drug-likeness (QED) is 0.689. The summed E-state index contributed by atoms with van der Waals surface area (Å²) < 4.78 is 0. The number of halogens is 1. The lowest BCUT2D eigenvalue weighted by Gasteiger charge is -2.35. The number of hydrogen-bond donors (Lipinski definition) is 2. The molecule has 0 saturated carbocycles. The third-order valence-electron chi connectivity index (χ3n) is 5.53. The Bertz CT molecular complexity index is 896. The summed E-state index contributed by atoms with van der Waals surface area (Å²) in [6, 6.07) is 14.4. The van der Waals surface area contributed by atoms with Gasteiger partial charge in [0.1, 0.15) is 6.04 Å². The summed E-state index contributed by atoms with van der Waals surface area (Å²) >= 11 is 6.23. The normalized spacial score (nSPS) is 15.6. The molecule has 0 spiro atoms.